The molecule has 2 heterocycles. The van der Waals surface area contributed by atoms with Gasteiger partial charge < -0.3 is 4.74 Å². The van der Waals surface area contributed by atoms with Crippen LogP contribution in [0.2, 0.25) is 0 Å². The second-order valence-corrected chi connectivity index (χ2v) is 11.2. The van der Waals surface area contributed by atoms with Crippen molar-refractivity contribution < 1.29 is 14.3 Å². The monoisotopic (exact) mass is 554 g/mol. The SMILES string of the molecule is CCCCCCOc1ccc(N2C(=O)C[C@@H](SC(=N)N3N=C(c4ccccc4)C[C@@H]3c3ccccc3)C2=O)cc1. The van der Waals surface area contributed by atoms with Gasteiger partial charge in [-0.1, -0.05) is 98.6 Å². The molecule has 2 aliphatic heterocycles. The van der Waals surface area contributed by atoms with Crippen LogP contribution >= 0.6 is 11.8 Å². The number of hydrogen-bond acceptors (Lipinski definition) is 6. The number of amidine groups is 1. The van der Waals surface area contributed by atoms with E-state index in [4.69, 9.17) is 15.2 Å². The van der Waals surface area contributed by atoms with Crippen molar-refractivity contribution in [3.05, 3.63) is 96.1 Å². The molecule has 5 rings (SSSR count). The largest absolute Gasteiger partial charge is 0.494 e. The number of carbonyl (C=O) groups is 2. The summed E-state index contributed by atoms with van der Waals surface area (Å²) >= 11 is 1.10. The summed E-state index contributed by atoms with van der Waals surface area (Å²) in [7, 11) is 0. The average molecular weight is 555 g/mol. The number of nitrogens with one attached hydrogen (secondary N) is 1. The Hall–Kier alpha value is -3.91. The summed E-state index contributed by atoms with van der Waals surface area (Å²) < 4.78 is 5.80. The summed E-state index contributed by atoms with van der Waals surface area (Å²) in [5, 5.41) is 14.9. The van der Waals surface area contributed by atoms with E-state index in [2.05, 4.69) is 6.92 Å². The fourth-order valence-corrected chi connectivity index (χ4v) is 5.98. The second-order valence-electron chi connectivity index (χ2n) is 9.97. The molecule has 0 aliphatic carbocycles. The molecule has 3 aromatic carbocycles. The van der Waals surface area contributed by atoms with Crippen molar-refractivity contribution in [2.75, 3.05) is 11.5 Å². The lowest BCUT2D eigenvalue weighted by atomic mass is 9.99. The molecule has 8 heteroatoms. The van der Waals surface area contributed by atoms with Gasteiger partial charge in [0.1, 0.15) is 11.0 Å². The standard InChI is InChI=1S/C32H34N4O3S/c1-2-3-4-11-20-39-26-18-16-25(17-19-26)35-30(37)22-29(31(35)38)40-32(33)36-28(24-14-9-6-10-15-24)21-27(34-36)23-12-7-5-8-13-23/h5-10,12-19,28-29,33H,2-4,11,20-22H2,1H3/t28-,29-/m1/s1. The molecule has 2 amide bonds. The molecule has 0 radical (unpaired) electrons. The van der Waals surface area contributed by atoms with Gasteiger partial charge in [0.15, 0.2) is 5.17 Å². The van der Waals surface area contributed by atoms with Crippen LogP contribution in [0.3, 0.4) is 0 Å². The van der Waals surface area contributed by atoms with E-state index in [1.54, 1.807) is 29.3 Å². The van der Waals surface area contributed by atoms with E-state index in [1.165, 1.54) is 17.7 Å². The van der Waals surface area contributed by atoms with E-state index in [1.807, 2.05) is 60.7 Å². The summed E-state index contributed by atoms with van der Waals surface area (Å²) in [5.74, 6) is 0.147. The zero-order chi connectivity index (χ0) is 27.9. The maximum atomic E-state index is 13.4. The quantitative estimate of drug-likeness (QED) is 0.129. The van der Waals surface area contributed by atoms with Crippen LogP contribution in [0.25, 0.3) is 0 Å². The number of nitrogens with zero attached hydrogens (tertiary/aromatic N) is 3. The Morgan fingerprint density at radius 1 is 0.925 bits per heavy atom. The van der Waals surface area contributed by atoms with Gasteiger partial charge in [-0.25, -0.2) is 9.91 Å². The smallest absolute Gasteiger partial charge is 0.247 e. The summed E-state index contributed by atoms with van der Waals surface area (Å²) in [6.45, 7) is 2.83. The minimum Gasteiger partial charge on any atom is -0.494 e. The molecule has 3 aromatic rings. The summed E-state index contributed by atoms with van der Waals surface area (Å²) in [6.07, 6.45) is 5.21. The Morgan fingerprint density at radius 2 is 1.62 bits per heavy atom. The van der Waals surface area contributed by atoms with Crippen LogP contribution in [-0.4, -0.2) is 39.6 Å². The molecule has 0 spiro atoms. The Kier molecular flexibility index (Phi) is 8.96. The van der Waals surface area contributed by atoms with E-state index in [-0.39, 0.29) is 29.4 Å². The molecule has 2 aliphatic rings. The van der Waals surface area contributed by atoms with Crippen LogP contribution in [0.4, 0.5) is 5.69 Å². The highest BCUT2D eigenvalue weighted by Gasteiger charge is 2.42. The van der Waals surface area contributed by atoms with Crippen LogP contribution in [0, 0.1) is 5.41 Å². The van der Waals surface area contributed by atoms with Crippen molar-refractivity contribution in [2.24, 2.45) is 5.10 Å². The molecule has 2 atom stereocenters. The van der Waals surface area contributed by atoms with Gasteiger partial charge >= 0.3 is 0 Å². The topological polar surface area (TPSA) is 86.1 Å². The first-order valence-corrected chi connectivity index (χ1v) is 14.7. The lowest BCUT2D eigenvalue weighted by Crippen LogP contribution is -2.32. The first-order valence-electron chi connectivity index (χ1n) is 13.9. The normalized spacial score (nSPS) is 18.8. The molecule has 1 fully saturated rings. The van der Waals surface area contributed by atoms with Crippen LogP contribution in [0.15, 0.2) is 90.0 Å². The molecule has 0 unspecified atom stereocenters. The summed E-state index contributed by atoms with van der Waals surface area (Å²) in [4.78, 5) is 27.5. The number of rotatable bonds is 10. The summed E-state index contributed by atoms with van der Waals surface area (Å²) in [6, 6.07) is 26.9. The van der Waals surface area contributed by atoms with Gasteiger partial charge in [0.25, 0.3) is 0 Å². The fourth-order valence-electron chi connectivity index (χ4n) is 5.00. The molecule has 0 bridgehead atoms. The first kappa shape index (κ1) is 27.6. The van der Waals surface area contributed by atoms with E-state index in [0.29, 0.717) is 18.7 Å². The number of carbonyl (C=O) groups excluding carboxylic acids is 2. The molecule has 7 nitrogen and oxygen atoms in total. The van der Waals surface area contributed by atoms with Gasteiger partial charge in [-0.05, 0) is 41.8 Å². The highest BCUT2D eigenvalue weighted by molar-refractivity contribution is 8.14. The van der Waals surface area contributed by atoms with Crippen LogP contribution in [-0.2, 0) is 9.59 Å². The maximum absolute atomic E-state index is 13.4. The lowest BCUT2D eigenvalue weighted by Gasteiger charge is -2.24. The number of thioether (sulfide) groups is 1. The van der Waals surface area contributed by atoms with Gasteiger partial charge in [0.2, 0.25) is 11.8 Å². The minimum atomic E-state index is -0.679. The number of amides is 2. The van der Waals surface area contributed by atoms with Crippen LogP contribution in [0.1, 0.15) is 62.6 Å². The van der Waals surface area contributed by atoms with Gasteiger partial charge in [0, 0.05) is 12.8 Å². The number of benzene rings is 3. The predicted molar refractivity (Wildman–Crippen MR) is 161 cm³/mol. The van der Waals surface area contributed by atoms with E-state index in [0.717, 1.165) is 47.2 Å². The molecular formula is C32H34N4O3S. The van der Waals surface area contributed by atoms with Gasteiger partial charge in [-0.3, -0.25) is 15.0 Å². The Morgan fingerprint density at radius 3 is 2.33 bits per heavy atom. The zero-order valence-electron chi connectivity index (χ0n) is 22.7. The van der Waals surface area contributed by atoms with Gasteiger partial charge in [-0.15, -0.1) is 0 Å². The van der Waals surface area contributed by atoms with Gasteiger partial charge in [-0.2, -0.15) is 5.10 Å². The molecule has 1 saturated heterocycles. The third kappa shape index (κ3) is 6.28. The molecule has 206 valence electrons. The maximum Gasteiger partial charge on any atom is 0.247 e. The Balaban J connectivity index is 1.26. The zero-order valence-corrected chi connectivity index (χ0v) is 23.5. The lowest BCUT2D eigenvalue weighted by molar-refractivity contribution is -0.121. The van der Waals surface area contributed by atoms with E-state index in [9.17, 15) is 9.59 Å². The molecule has 1 N–H and O–H groups in total. The van der Waals surface area contributed by atoms with Gasteiger partial charge in [0.05, 0.1) is 24.0 Å². The van der Waals surface area contributed by atoms with E-state index >= 15 is 0 Å². The number of imide groups is 1. The van der Waals surface area contributed by atoms with E-state index < -0.39 is 5.25 Å². The molecule has 0 aromatic heterocycles. The Labute approximate surface area is 239 Å². The molecule has 40 heavy (non-hydrogen) atoms. The third-order valence-electron chi connectivity index (χ3n) is 7.13. The minimum absolute atomic E-state index is 0.0423. The van der Waals surface area contributed by atoms with Crippen molar-refractivity contribution in [3.8, 4) is 5.75 Å². The van der Waals surface area contributed by atoms with Crippen LogP contribution < -0.4 is 9.64 Å². The number of anilines is 1. The van der Waals surface area contributed by atoms with Crippen molar-refractivity contribution in [3.63, 3.8) is 0 Å². The van der Waals surface area contributed by atoms with Crippen molar-refractivity contribution in [1.29, 1.82) is 5.41 Å². The van der Waals surface area contributed by atoms with Crippen LogP contribution in [0.5, 0.6) is 5.75 Å². The van der Waals surface area contributed by atoms with Crippen molar-refractivity contribution >= 4 is 40.1 Å². The molecular weight excluding hydrogens is 520 g/mol. The highest BCUT2D eigenvalue weighted by atomic mass is 32.2. The number of ether oxygens (including phenoxy) is 1. The predicted octanol–water partition coefficient (Wildman–Crippen LogP) is 6.80. The number of hydrazone groups is 1. The number of unbranched alkanes of at least 4 members (excludes halogenated alkanes) is 3. The average Bonchev–Trinajstić information content (AvgIpc) is 3.55. The Bertz CT molecular complexity index is 1360. The first-order chi connectivity index (χ1) is 19.5. The number of hydrogen-bond donors (Lipinski definition) is 1. The van der Waals surface area contributed by atoms with Crippen molar-refractivity contribution in [2.45, 2.75) is 56.7 Å². The highest BCUT2D eigenvalue weighted by Crippen LogP contribution is 2.38. The van der Waals surface area contributed by atoms with Crippen molar-refractivity contribution in [1.82, 2.24) is 5.01 Å². The fraction of sp³-hybridized carbons (Fsp3) is 0.312. The summed E-state index contributed by atoms with van der Waals surface area (Å²) in [5.41, 5.74) is 3.47. The second kappa shape index (κ2) is 13.0. The molecule has 0 saturated carbocycles. The third-order valence-corrected chi connectivity index (χ3v) is 8.19.